The lowest BCUT2D eigenvalue weighted by molar-refractivity contribution is -0.126. The molecule has 1 aliphatic rings. The van der Waals surface area contributed by atoms with Crippen LogP contribution in [-0.4, -0.2) is 37.5 Å². The van der Waals surface area contributed by atoms with Gasteiger partial charge in [0.25, 0.3) is 0 Å². The van der Waals surface area contributed by atoms with E-state index in [1.807, 2.05) is 61.5 Å². The first-order valence-corrected chi connectivity index (χ1v) is 11.9. The predicted octanol–water partition coefficient (Wildman–Crippen LogP) is 3.29. The van der Waals surface area contributed by atoms with Gasteiger partial charge in [-0.25, -0.2) is 12.7 Å². The highest BCUT2D eigenvalue weighted by atomic mass is 32.2. The summed E-state index contributed by atoms with van der Waals surface area (Å²) >= 11 is 0. The Morgan fingerprint density at radius 2 is 1.86 bits per heavy atom. The zero-order valence-electron chi connectivity index (χ0n) is 17.0. The fraction of sp³-hybridized carbons (Fsp3) is 0.435. The molecule has 5 nitrogen and oxygen atoms in total. The highest BCUT2D eigenvalue weighted by Crippen LogP contribution is 2.20. The molecule has 0 saturated carbocycles. The molecule has 1 atom stereocenters. The summed E-state index contributed by atoms with van der Waals surface area (Å²) in [7, 11) is -3.34. The maximum Gasteiger partial charge on any atom is 0.224 e. The van der Waals surface area contributed by atoms with Crippen molar-refractivity contribution in [2.75, 3.05) is 18.8 Å². The summed E-state index contributed by atoms with van der Waals surface area (Å²) in [4.78, 5) is 12.6. The Morgan fingerprint density at radius 3 is 2.62 bits per heavy atom. The maximum atomic E-state index is 12.8. The molecule has 0 bridgehead atoms. The number of hydrogen-bond donors (Lipinski definition) is 1. The second-order valence-electron chi connectivity index (χ2n) is 7.81. The van der Waals surface area contributed by atoms with E-state index in [0.717, 1.165) is 36.0 Å². The molecule has 0 aromatic heterocycles. The van der Waals surface area contributed by atoms with Crippen molar-refractivity contribution in [3.05, 3.63) is 71.3 Å². The average Bonchev–Trinajstić information content (AvgIpc) is 2.73. The first-order valence-electron chi connectivity index (χ1n) is 10.3. The summed E-state index contributed by atoms with van der Waals surface area (Å²) in [6.45, 7) is 3.29. The van der Waals surface area contributed by atoms with Gasteiger partial charge in [0.15, 0.2) is 0 Å². The van der Waals surface area contributed by atoms with E-state index >= 15 is 0 Å². The predicted molar refractivity (Wildman–Crippen MR) is 116 cm³/mol. The second-order valence-corrected chi connectivity index (χ2v) is 9.90. The second kappa shape index (κ2) is 10.0. The Labute approximate surface area is 174 Å². The Balaban J connectivity index is 1.49. The van der Waals surface area contributed by atoms with Crippen molar-refractivity contribution in [1.29, 1.82) is 0 Å². The number of rotatable bonds is 8. The van der Waals surface area contributed by atoms with Crippen molar-refractivity contribution in [3.8, 4) is 0 Å². The molecule has 2 aromatic rings. The number of benzene rings is 2. The van der Waals surface area contributed by atoms with Crippen LogP contribution in [0, 0.1) is 12.8 Å². The van der Waals surface area contributed by atoms with Gasteiger partial charge >= 0.3 is 0 Å². The molecule has 1 heterocycles. The quantitative estimate of drug-likeness (QED) is 0.721. The van der Waals surface area contributed by atoms with Crippen molar-refractivity contribution in [2.24, 2.45) is 5.92 Å². The van der Waals surface area contributed by atoms with Gasteiger partial charge < -0.3 is 5.32 Å². The van der Waals surface area contributed by atoms with Crippen LogP contribution in [0.4, 0.5) is 0 Å². The van der Waals surface area contributed by atoms with E-state index in [-0.39, 0.29) is 24.1 Å². The highest BCUT2D eigenvalue weighted by molar-refractivity contribution is 7.89. The number of aryl methyl sites for hydroxylation is 2. The van der Waals surface area contributed by atoms with Crippen molar-refractivity contribution in [2.45, 2.75) is 39.2 Å². The zero-order valence-corrected chi connectivity index (χ0v) is 17.8. The number of sulfonamides is 1. The van der Waals surface area contributed by atoms with Gasteiger partial charge in [-0.05, 0) is 43.7 Å². The number of carbonyl (C=O) groups excluding carboxylic acids is 1. The summed E-state index contributed by atoms with van der Waals surface area (Å²) in [5.41, 5.74) is 3.36. The van der Waals surface area contributed by atoms with Gasteiger partial charge in [0.2, 0.25) is 15.9 Å². The third kappa shape index (κ3) is 6.41. The lowest BCUT2D eigenvalue weighted by Crippen LogP contribution is -2.46. The van der Waals surface area contributed by atoms with Crippen LogP contribution in [0.5, 0.6) is 0 Å². The molecule has 1 aliphatic heterocycles. The highest BCUT2D eigenvalue weighted by Gasteiger charge is 2.31. The van der Waals surface area contributed by atoms with E-state index in [0.29, 0.717) is 19.5 Å². The largest absolute Gasteiger partial charge is 0.352 e. The SMILES string of the molecule is Cc1cccc(CNC(=O)[C@@H]2CCCN(S(=O)(=O)CCCc3ccccc3)C2)c1. The molecule has 0 unspecified atom stereocenters. The summed E-state index contributed by atoms with van der Waals surface area (Å²) in [5.74, 6) is -0.215. The molecule has 156 valence electrons. The van der Waals surface area contributed by atoms with E-state index in [1.54, 1.807) is 0 Å². The molecule has 29 heavy (non-hydrogen) atoms. The maximum absolute atomic E-state index is 12.8. The third-order valence-electron chi connectivity index (χ3n) is 5.41. The smallest absolute Gasteiger partial charge is 0.224 e. The molecular weight excluding hydrogens is 384 g/mol. The first-order chi connectivity index (χ1) is 13.9. The summed E-state index contributed by atoms with van der Waals surface area (Å²) in [6, 6.07) is 17.9. The number of hydrogen-bond acceptors (Lipinski definition) is 3. The molecule has 6 heteroatoms. The standard InChI is InChI=1S/C23H30N2O3S/c1-19-8-5-11-21(16-19)17-24-23(26)22-13-6-14-25(18-22)29(27,28)15-7-12-20-9-3-2-4-10-20/h2-5,8-11,16,22H,6-7,12-15,17-18H2,1H3,(H,24,26)/t22-/m1/s1. The average molecular weight is 415 g/mol. The lowest BCUT2D eigenvalue weighted by Gasteiger charge is -2.31. The Kier molecular flexibility index (Phi) is 7.45. The molecule has 1 amide bonds. The van der Waals surface area contributed by atoms with Gasteiger partial charge in [0.1, 0.15) is 0 Å². The fourth-order valence-electron chi connectivity index (χ4n) is 3.80. The molecule has 3 rings (SSSR count). The normalized spacial score (nSPS) is 17.8. The number of piperidine rings is 1. The van der Waals surface area contributed by atoms with Crippen molar-refractivity contribution in [3.63, 3.8) is 0 Å². The topological polar surface area (TPSA) is 66.5 Å². The molecule has 1 fully saturated rings. The molecule has 2 aromatic carbocycles. The third-order valence-corrected chi connectivity index (χ3v) is 7.33. The van der Waals surface area contributed by atoms with E-state index in [9.17, 15) is 13.2 Å². The van der Waals surface area contributed by atoms with Gasteiger partial charge in [-0.1, -0.05) is 60.2 Å². The van der Waals surface area contributed by atoms with Crippen LogP contribution in [0.3, 0.4) is 0 Å². The number of nitrogens with zero attached hydrogens (tertiary/aromatic N) is 1. The monoisotopic (exact) mass is 414 g/mol. The molecular formula is C23H30N2O3S. The van der Waals surface area contributed by atoms with Crippen LogP contribution in [0.1, 0.15) is 36.0 Å². The van der Waals surface area contributed by atoms with Crippen LogP contribution in [-0.2, 0) is 27.8 Å². The van der Waals surface area contributed by atoms with E-state index in [2.05, 4.69) is 5.32 Å². The van der Waals surface area contributed by atoms with Gasteiger partial charge in [0.05, 0.1) is 11.7 Å². The van der Waals surface area contributed by atoms with Crippen LogP contribution in [0.15, 0.2) is 54.6 Å². The molecule has 0 spiro atoms. The molecule has 0 aliphatic carbocycles. The van der Waals surface area contributed by atoms with Crippen molar-refractivity contribution >= 4 is 15.9 Å². The molecule has 1 N–H and O–H groups in total. The summed E-state index contributed by atoms with van der Waals surface area (Å²) in [6.07, 6.45) is 2.79. The van der Waals surface area contributed by atoms with Crippen LogP contribution in [0.2, 0.25) is 0 Å². The minimum Gasteiger partial charge on any atom is -0.352 e. The minimum absolute atomic E-state index is 0.0595. The van der Waals surface area contributed by atoms with Crippen LogP contribution < -0.4 is 5.32 Å². The Hall–Kier alpha value is -2.18. The fourth-order valence-corrected chi connectivity index (χ4v) is 5.38. The van der Waals surface area contributed by atoms with Crippen molar-refractivity contribution in [1.82, 2.24) is 9.62 Å². The van der Waals surface area contributed by atoms with Crippen LogP contribution >= 0.6 is 0 Å². The number of carbonyl (C=O) groups is 1. The summed E-state index contributed by atoms with van der Waals surface area (Å²) in [5, 5.41) is 2.97. The van der Waals surface area contributed by atoms with E-state index in [4.69, 9.17) is 0 Å². The zero-order chi connectivity index (χ0) is 20.7. The minimum atomic E-state index is -3.34. The van der Waals surface area contributed by atoms with Gasteiger partial charge in [-0.3, -0.25) is 4.79 Å². The van der Waals surface area contributed by atoms with Gasteiger partial charge in [-0.15, -0.1) is 0 Å². The van der Waals surface area contributed by atoms with Gasteiger partial charge in [-0.2, -0.15) is 0 Å². The molecule has 1 saturated heterocycles. The lowest BCUT2D eigenvalue weighted by atomic mass is 9.98. The number of nitrogens with one attached hydrogen (secondary N) is 1. The Morgan fingerprint density at radius 1 is 1.10 bits per heavy atom. The van der Waals surface area contributed by atoms with E-state index < -0.39 is 10.0 Å². The van der Waals surface area contributed by atoms with Crippen molar-refractivity contribution < 1.29 is 13.2 Å². The molecule has 0 radical (unpaired) electrons. The first kappa shape index (κ1) is 21.5. The Bertz CT molecular complexity index is 913. The van der Waals surface area contributed by atoms with E-state index in [1.165, 1.54) is 4.31 Å². The summed E-state index contributed by atoms with van der Waals surface area (Å²) < 4.78 is 27.0. The van der Waals surface area contributed by atoms with Crippen LogP contribution in [0.25, 0.3) is 0 Å². The number of amides is 1. The van der Waals surface area contributed by atoms with Gasteiger partial charge in [0, 0.05) is 19.6 Å².